The highest BCUT2D eigenvalue weighted by molar-refractivity contribution is 5.48. The summed E-state index contributed by atoms with van der Waals surface area (Å²) in [5, 5.41) is 3.46. The van der Waals surface area contributed by atoms with Gasteiger partial charge in [-0.1, -0.05) is 5.57 Å². The fourth-order valence-electron chi connectivity index (χ4n) is 3.69. The van der Waals surface area contributed by atoms with Crippen LogP contribution in [0.15, 0.2) is 53.8 Å². The molecule has 0 aromatic carbocycles. The topological polar surface area (TPSA) is 43.4 Å². The number of nitrogens with zero attached hydrogens (tertiary/aromatic N) is 1. The molecule has 0 amide bonds. The lowest BCUT2D eigenvalue weighted by Gasteiger charge is -2.12. The van der Waals surface area contributed by atoms with E-state index >= 15 is 0 Å². The van der Waals surface area contributed by atoms with Gasteiger partial charge in [-0.15, -0.1) is 0 Å². The van der Waals surface area contributed by atoms with Crippen LogP contribution in [0.25, 0.3) is 0 Å². The SMILES string of the molecule is C1=CC2=C(CCc3cncc(OCC4CCCN4)c3)CCC2=CO1. The van der Waals surface area contributed by atoms with E-state index in [-0.39, 0.29) is 0 Å². The summed E-state index contributed by atoms with van der Waals surface area (Å²) in [5.74, 6) is 0.886. The Balaban J connectivity index is 1.35. The second kappa shape index (κ2) is 7.22. The van der Waals surface area contributed by atoms with E-state index in [1.807, 2.05) is 18.7 Å². The highest BCUT2D eigenvalue weighted by atomic mass is 16.5. The van der Waals surface area contributed by atoms with Crippen LogP contribution < -0.4 is 10.1 Å². The van der Waals surface area contributed by atoms with Gasteiger partial charge in [0.05, 0.1) is 18.7 Å². The maximum absolute atomic E-state index is 5.91. The molecular weight excluding hydrogens is 300 g/mol. The number of hydrogen-bond acceptors (Lipinski definition) is 4. The zero-order valence-corrected chi connectivity index (χ0v) is 14.0. The van der Waals surface area contributed by atoms with E-state index in [0.717, 1.165) is 44.6 Å². The highest BCUT2D eigenvalue weighted by Crippen LogP contribution is 2.36. The number of aromatic nitrogens is 1. The van der Waals surface area contributed by atoms with Gasteiger partial charge in [-0.05, 0) is 73.9 Å². The van der Waals surface area contributed by atoms with Crippen molar-refractivity contribution in [2.24, 2.45) is 0 Å². The lowest BCUT2D eigenvalue weighted by atomic mass is 10.0. The fraction of sp³-hybridized carbons (Fsp3) is 0.450. The lowest BCUT2D eigenvalue weighted by Crippen LogP contribution is -2.28. The highest BCUT2D eigenvalue weighted by Gasteiger charge is 2.20. The first kappa shape index (κ1) is 15.5. The van der Waals surface area contributed by atoms with Gasteiger partial charge in [-0.3, -0.25) is 4.98 Å². The zero-order valence-electron chi connectivity index (χ0n) is 14.0. The molecule has 0 bridgehead atoms. The number of rotatable bonds is 6. The minimum Gasteiger partial charge on any atom is -0.490 e. The largest absolute Gasteiger partial charge is 0.490 e. The number of allylic oxidation sites excluding steroid dienone is 4. The minimum atomic E-state index is 0.490. The van der Waals surface area contributed by atoms with Gasteiger partial charge < -0.3 is 14.8 Å². The zero-order chi connectivity index (χ0) is 16.2. The minimum absolute atomic E-state index is 0.490. The lowest BCUT2D eigenvalue weighted by molar-refractivity contribution is 0.276. The molecule has 1 saturated heterocycles. The van der Waals surface area contributed by atoms with Crippen molar-refractivity contribution in [3.8, 4) is 5.75 Å². The van der Waals surface area contributed by atoms with Crippen molar-refractivity contribution >= 4 is 0 Å². The Morgan fingerprint density at radius 3 is 3.17 bits per heavy atom. The number of nitrogens with one attached hydrogen (secondary N) is 1. The average Bonchev–Trinajstić information content (AvgIpc) is 3.28. The Morgan fingerprint density at radius 2 is 2.25 bits per heavy atom. The number of aryl methyl sites for hydroxylation is 1. The first-order chi connectivity index (χ1) is 11.9. The molecular formula is C20H24N2O2. The summed E-state index contributed by atoms with van der Waals surface area (Å²) in [6.45, 7) is 1.85. The van der Waals surface area contributed by atoms with Crippen LogP contribution in [0, 0.1) is 0 Å². The molecule has 0 radical (unpaired) electrons. The van der Waals surface area contributed by atoms with Crippen molar-refractivity contribution < 1.29 is 9.47 Å². The van der Waals surface area contributed by atoms with E-state index in [1.165, 1.54) is 35.1 Å². The Kier molecular flexibility index (Phi) is 4.65. The van der Waals surface area contributed by atoms with Crippen LogP contribution in [0.3, 0.4) is 0 Å². The average molecular weight is 324 g/mol. The van der Waals surface area contributed by atoms with Gasteiger partial charge in [0.2, 0.25) is 0 Å². The normalized spacial score (nSPS) is 22.3. The van der Waals surface area contributed by atoms with E-state index in [1.54, 1.807) is 6.26 Å². The molecule has 1 aromatic rings. The van der Waals surface area contributed by atoms with Crippen molar-refractivity contribution in [1.29, 1.82) is 0 Å². The molecule has 1 aromatic heterocycles. The predicted molar refractivity (Wildman–Crippen MR) is 93.6 cm³/mol. The van der Waals surface area contributed by atoms with E-state index in [4.69, 9.17) is 9.47 Å². The quantitative estimate of drug-likeness (QED) is 0.867. The van der Waals surface area contributed by atoms with Crippen molar-refractivity contribution in [2.45, 2.75) is 44.6 Å². The fourth-order valence-corrected chi connectivity index (χ4v) is 3.69. The molecule has 4 heteroatoms. The Bertz CT molecular complexity index is 685. The Morgan fingerprint density at radius 1 is 1.25 bits per heavy atom. The van der Waals surface area contributed by atoms with Crippen LogP contribution in [0.4, 0.5) is 0 Å². The first-order valence-corrected chi connectivity index (χ1v) is 8.92. The molecule has 1 fully saturated rings. The Hall–Kier alpha value is -2.07. The molecule has 1 unspecified atom stereocenters. The van der Waals surface area contributed by atoms with Crippen LogP contribution in [0.5, 0.6) is 5.75 Å². The predicted octanol–water partition coefficient (Wildman–Crippen LogP) is 3.66. The summed E-state index contributed by atoms with van der Waals surface area (Å²) in [6.07, 6.45) is 16.3. The molecule has 4 nitrogen and oxygen atoms in total. The van der Waals surface area contributed by atoms with E-state index in [2.05, 4.69) is 22.4 Å². The van der Waals surface area contributed by atoms with Gasteiger partial charge in [0.25, 0.3) is 0 Å². The summed E-state index contributed by atoms with van der Waals surface area (Å²) in [4.78, 5) is 4.35. The molecule has 4 rings (SSSR count). The standard InChI is InChI=1S/C20H24N2O2/c1-2-18(22-8-1)14-24-19-10-15(11-21-12-19)3-4-16-5-6-17-13-23-9-7-20(16)17/h7,9-13,18,22H,1-6,8,14H2. The summed E-state index contributed by atoms with van der Waals surface area (Å²) in [6, 6.07) is 2.63. The van der Waals surface area contributed by atoms with Gasteiger partial charge in [-0.25, -0.2) is 0 Å². The summed E-state index contributed by atoms with van der Waals surface area (Å²) in [7, 11) is 0. The monoisotopic (exact) mass is 324 g/mol. The molecule has 1 N–H and O–H groups in total. The molecule has 2 aliphatic heterocycles. The third kappa shape index (κ3) is 3.54. The van der Waals surface area contributed by atoms with Crippen LogP contribution in [-0.4, -0.2) is 24.2 Å². The molecule has 0 spiro atoms. The van der Waals surface area contributed by atoms with Gasteiger partial charge in [0.15, 0.2) is 0 Å². The molecule has 1 aliphatic carbocycles. The van der Waals surface area contributed by atoms with E-state index in [0.29, 0.717) is 6.04 Å². The molecule has 126 valence electrons. The van der Waals surface area contributed by atoms with E-state index in [9.17, 15) is 0 Å². The van der Waals surface area contributed by atoms with Crippen molar-refractivity contribution in [3.63, 3.8) is 0 Å². The molecule has 3 aliphatic rings. The number of hydrogen-bond donors (Lipinski definition) is 1. The number of fused-ring (bicyclic) bond motifs is 1. The smallest absolute Gasteiger partial charge is 0.137 e. The number of pyridine rings is 1. The van der Waals surface area contributed by atoms with Crippen LogP contribution in [-0.2, 0) is 11.2 Å². The van der Waals surface area contributed by atoms with Crippen molar-refractivity contribution in [3.05, 3.63) is 59.3 Å². The summed E-state index contributed by atoms with van der Waals surface area (Å²) < 4.78 is 11.2. The Labute approximate surface area is 143 Å². The maximum Gasteiger partial charge on any atom is 0.137 e. The van der Waals surface area contributed by atoms with Crippen molar-refractivity contribution in [1.82, 2.24) is 10.3 Å². The maximum atomic E-state index is 5.91. The summed E-state index contributed by atoms with van der Waals surface area (Å²) >= 11 is 0. The van der Waals surface area contributed by atoms with Gasteiger partial charge in [0.1, 0.15) is 12.4 Å². The molecule has 0 saturated carbocycles. The second-order valence-corrected chi connectivity index (χ2v) is 6.73. The van der Waals surface area contributed by atoms with Gasteiger partial charge in [-0.2, -0.15) is 0 Å². The molecule has 3 heterocycles. The summed E-state index contributed by atoms with van der Waals surface area (Å²) in [5.41, 5.74) is 5.50. The second-order valence-electron chi connectivity index (χ2n) is 6.73. The van der Waals surface area contributed by atoms with Crippen LogP contribution in [0.2, 0.25) is 0 Å². The van der Waals surface area contributed by atoms with Crippen LogP contribution >= 0.6 is 0 Å². The molecule has 1 atom stereocenters. The first-order valence-electron chi connectivity index (χ1n) is 8.92. The number of ether oxygens (including phenoxy) is 2. The van der Waals surface area contributed by atoms with Gasteiger partial charge >= 0.3 is 0 Å². The van der Waals surface area contributed by atoms with Gasteiger partial charge in [0, 0.05) is 12.2 Å². The third-order valence-electron chi connectivity index (χ3n) is 5.05. The van der Waals surface area contributed by atoms with Crippen molar-refractivity contribution in [2.75, 3.05) is 13.2 Å². The molecule has 24 heavy (non-hydrogen) atoms. The van der Waals surface area contributed by atoms with Crippen LogP contribution in [0.1, 0.15) is 37.7 Å². The van der Waals surface area contributed by atoms with E-state index < -0.39 is 0 Å². The third-order valence-corrected chi connectivity index (χ3v) is 5.05.